The van der Waals surface area contributed by atoms with Gasteiger partial charge in [0, 0.05) is 4.88 Å². The van der Waals surface area contributed by atoms with Crippen molar-refractivity contribution in [3.05, 3.63) is 16.5 Å². The summed E-state index contributed by atoms with van der Waals surface area (Å²) in [6.45, 7) is 3.61. The topological polar surface area (TPSA) is 46.2 Å². The van der Waals surface area contributed by atoms with Gasteiger partial charge in [0.05, 0.1) is 5.75 Å². The summed E-state index contributed by atoms with van der Waals surface area (Å²) >= 11 is 1.45. The summed E-state index contributed by atoms with van der Waals surface area (Å²) in [7, 11) is -3.01. The predicted octanol–water partition coefficient (Wildman–Crippen LogP) is 1.23. The zero-order chi connectivity index (χ0) is 10.9. The van der Waals surface area contributed by atoms with Crippen LogP contribution in [0, 0.1) is 0 Å². The molecule has 0 saturated heterocycles. The van der Waals surface area contributed by atoms with E-state index in [4.69, 9.17) is 0 Å². The third-order valence-corrected chi connectivity index (χ3v) is 6.20. The van der Waals surface area contributed by atoms with E-state index >= 15 is 0 Å². The Balaban J connectivity index is 2.38. The van der Waals surface area contributed by atoms with Crippen molar-refractivity contribution in [2.24, 2.45) is 0 Å². The van der Waals surface area contributed by atoms with Gasteiger partial charge >= 0.3 is 0 Å². The minimum atomic E-state index is -3.01. The SMILES string of the molecule is CCS(=O)(=O)c1cc2c(s1)CCNCC2. The van der Waals surface area contributed by atoms with Crippen LogP contribution in [0.4, 0.5) is 0 Å². The van der Waals surface area contributed by atoms with Crippen molar-refractivity contribution in [2.45, 2.75) is 24.0 Å². The summed E-state index contributed by atoms with van der Waals surface area (Å²) in [6.07, 6.45) is 1.91. The van der Waals surface area contributed by atoms with E-state index in [2.05, 4.69) is 5.32 Å². The van der Waals surface area contributed by atoms with Crippen LogP contribution in [-0.4, -0.2) is 27.3 Å². The molecule has 3 nitrogen and oxygen atoms in total. The highest BCUT2D eigenvalue weighted by molar-refractivity contribution is 7.93. The Labute approximate surface area is 94.4 Å². The maximum Gasteiger partial charge on any atom is 0.187 e. The molecule has 1 aliphatic heterocycles. The standard InChI is InChI=1S/C10H15NO2S2/c1-2-15(12,13)10-7-8-3-5-11-6-4-9(8)14-10/h7,11H,2-6H2,1H3. The number of fused-ring (bicyclic) bond motifs is 1. The van der Waals surface area contributed by atoms with E-state index in [1.54, 1.807) is 6.92 Å². The molecule has 0 atom stereocenters. The summed E-state index contributed by atoms with van der Waals surface area (Å²) in [5, 5.41) is 3.31. The average molecular weight is 245 g/mol. The summed E-state index contributed by atoms with van der Waals surface area (Å²) in [6, 6.07) is 1.87. The van der Waals surface area contributed by atoms with E-state index in [0.717, 1.165) is 25.9 Å². The largest absolute Gasteiger partial charge is 0.316 e. The van der Waals surface area contributed by atoms with Gasteiger partial charge in [-0.1, -0.05) is 6.92 Å². The molecule has 1 aliphatic rings. The molecule has 5 heteroatoms. The molecule has 0 aliphatic carbocycles. The Kier molecular flexibility index (Phi) is 3.13. The van der Waals surface area contributed by atoms with E-state index in [-0.39, 0.29) is 5.75 Å². The fourth-order valence-electron chi connectivity index (χ4n) is 1.71. The Morgan fingerprint density at radius 3 is 2.87 bits per heavy atom. The fraction of sp³-hybridized carbons (Fsp3) is 0.600. The molecule has 0 radical (unpaired) electrons. The molecule has 15 heavy (non-hydrogen) atoms. The second-order valence-corrected chi connectivity index (χ2v) is 7.31. The van der Waals surface area contributed by atoms with Crippen molar-refractivity contribution in [3.8, 4) is 0 Å². The van der Waals surface area contributed by atoms with Crippen LogP contribution in [0.25, 0.3) is 0 Å². The number of rotatable bonds is 2. The lowest BCUT2D eigenvalue weighted by Crippen LogP contribution is -2.16. The van der Waals surface area contributed by atoms with E-state index in [0.29, 0.717) is 4.21 Å². The first-order chi connectivity index (χ1) is 7.13. The third-order valence-electron chi connectivity index (χ3n) is 2.66. The lowest BCUT2D eigenvalue weighted by molar-refractivity contribution is 0.599. The molecule has 0 aromatic carbocycles. The maximum atomic E-state index is 11.7. The Morgan fingerprint density at radius 1 is 1.40 bits per heavy atom. The highest BCUT2D eigenvalue weighted by atomic mass is 32.2. The van der Waals surface area contributed by atoms with Crippen molar-refractivity contribution in [2.75, 3.05) is 18.8 Å². The van der Waals surface area contributed by atoms with Crippen LogP contribution in [0.1, 0.15) is 17.4 Å². The Hall–Kier alpha value is -0.390. The van der Waals surface area contributed by atoms with E-state index in [1.807, 2.05) is 6.07 Å². The van der Waals surface area contributed by atoms with Crippen LogP contribution in [0.2, 0.25) is 0 Å². The monoisotopic (exact) mass is 245 g/mol. The number of hydrogen-bond acceptors (Lipinski definition) is 4. The van der Waals surface area contributed by atoms with E-state index in [1.165, 1.54) is 21.8 Å². The minimum Gasteiger partial charge on any atom is -0.316 e. The van der Waals surface area contributed by atoms with Gasteiger partial charge in [-0.2, -0.15) is 0 Å². The van der Waals surface area contributed by atoms with Gasteiger partial charge in [0.1, 0.15) is 4.21 Å². The second-order valence-electron chi connectivity index (χ2n) is 3.67. The quantitative estimate of drug-likeness (QED) is 0.852. The molecule has 0 fully saturated rings. The van der Waals surface area contributed by atoms with E-state index in [9.17, 15) is 8.42 Å². The second kappa shape index (κ2) is 4.23. The summed E-state index contributed by atoms with van der Waals surface area (Å²) in [5.41, 5.74) is 1.22. The van der Waals surface area contributed by atoms with Crippen LogP contribution >= 0.6 is 11.3 Å². The molecule has 1 N–H and O–H groups in total. The molecule has 0 amide bonds. The molecule has 1 aromatic rings. The zero-order valence-corrected chi connectivity index (χ0v) is 10.4. The number of nitrogens with one attached hydrogen (secondary N) is 1. The number of sulfone groups is 1. The molecule has 2 heterocycles. The van der Waals surface area contributed by atoms with Crippen LogP contribution < -0.4 is 5.32 Å². The van der Waals surface area contributed by atoms with Crippen LogP contribution in [0.15, 0.2) is 10.3 Å². The predicted molar refractivity (Wildman–Crippen MR) is 62.3 cm³/mol. The van der Waals surface area contributed by atoms with Gasteiger partial charge in [0.2, 0.25) is 0 Å². The van der Waals surface area contributed by atoms with Gasteiger partial charge in [-0.05, 0) is 37.6 Å². The van der Waals surface area contributed by atoms with Gasteiger partial charge in [0.25, 0.3) is 0 Å². The molecule has 84 valence electrons. The lowest BCUT2D eigenvalue weighted by atomic mass is 10.2. The summed E-state index contributed by atoms with van der Waals surface area (Å²) in [5.74, 6) is 0.199. The van der Waals surface area contributed by atoms with Crippen molar-refractivity contribution in [1.29, 1.82) is 0 Å². The van der Waals surface area contributed by atoms with Crippen molar-refractivity contribution < 1.29 is 8.42 Å². The average Bonchev–Trinajstić information content (AvgIpc) is 2.51. The Bertz CT molecular complexity index is 424. The van der Waals surface area contributed by atoms with Crippen molar-refractivity contribution >= 4 is 21.2 Å². The molecule has 0 bridgehead atoms. The van der Waals surface area contributed by atoms with Crippen LogP contribution in [0.5, 0.6) is 0 Å². The number of hydrogen-bond donors (Lipinski definition) is 1. The first-order valence-electron chi connectivity index (χ1n) is 5.18. The molecular weight excluding hydrogens is 230 g/mol. The Morgan fingerprint density at radius 2 is 2.13 bits per heavy atom. The van der Waals surface area contributed by atoms with Gasteiger partial charge in [0.15, 0.2) is 9.84 Å². The van der Waals surface area contributed by atoms with Crippen LogP contribution in [-0.2, 0) is 22.7 Å². The maximum absolute atomic E-state index is 11.7. The smallest absolute Gasteiger partial charge is 0.187 e. The van der Waals surface area contributed by atoms with Crippen molar-refractivity contribution in [3.63, 3.8) is 0 Å². The molecule has 2 rings (SSSR count). The lowest BCUT2D eigenvalue weighted by Gasteiger charge is -1.97. The first kappa shape index (κ1) is 11.1. The highest BCUT2D eigenvalue weighted by Gasteiger charge is 2.19. The van der Waals surface area contributed by atoms with Crippen LogP contribution in [0.3, 0.4) is 0 Å². The third kappa shape index (κ3) is 2.24. The fourth-order valence-corrected chi connectivity index (χ4v) is 4.42. The molecule has 0 spiro atoms. The molecule has 1 aromatic heterocycles. The molecule has 0 saturated carbocycles. The number of thiophene rings is 1. The molecular formula is C10H15NO2S2. The van der Waals surface area contributed by atoms with Gasteiger partial charge < -0.3 is 5.32 Å². The summed E-state index contributed by atoms with van der Waals surface area (Å²) < 4.78 is 24.0. The van der Waals surface area contributed by atoms with Gasteiger partial charge in [-0.3, -0.25) is 0 Å². The first-order valence-corrected chi connectivity index (χ1v) is 7.65. The molecule has 0 unspecified atom stereocenters. The summed E-state index contributed by atoms with van der Waals surface area (Å²) in [4.78, 5) is 1.24. The zero-order valence-electron chi connectivity index (χ0n) is 8.75. The van der Waals surface area contributed by atoms with Gasteiger partial charge in [-0.15, -0.1) is 11.3 Å². The van der Waals surface area contributed by atoms with Gasteiger partial charge in [-0.25, -0.2) is 8.42 Å². The minimum absolute atomic E-state index is 0.199. The highest BCUT2D eigenvalue weighted by Crippen LogP contribution is 2.28. The van der Waals surface area contributed by atoms with E-state index < -0.39 is 9.84 Å². The normalized spacial score (nSPS) is 17.1. The van der Waals surface area contributed by atoms with Crippen molar-refractivity contribution in [1.82, 2.24) is 5.32 Å².